The van der Waals surface area contributed by atoms with Crippen molar-refractivity contribution in [2.75, 3.05) is 5.32 Å². The van der Waals surface area contributed by atoms with Gasteiger partial charge in [0.05, 0.1) is 11.3 Å². The summed E-state index contributed by atoms with van der Waals surface area (Å²) in [6.07, 6.45) is 1.41. The molecule has 0 aliphatic heterocycles. The Morgan fingerprint density at radius 1 is 1.09 bits per heavy atom. The lowest BCUT2D eigenvalue weighted by Crippen LogP contribution is -2.15. The van der Waals surface area contributed by atoms with Crippen molar-refractivity contribution in [2.45, 2.75) is 6.92 Å². The summed E-state index contributed by atoms with van der Waals surface area (Å²) in [6, 6.07) is 12.2. The number of halogens is 1. The van der Waals surface area contributed by atoms with Crippen molar-refractivity contribution < 1.29 is 19.1 Å². The van der Waals surface area contributed by atoms with Gasteiger partial charge in [0.25, 0.3) is 5.91 Å². The lowest BCUT2D eigenvalue weighted by atomic mass is 10.1. The van der Waals surface area contributed by atoms with Gasteiger partial charge < -0.3 is 10.4 Å². The van der Waals surface area contributed by atoms with E-state index in [1.165, 1.54) is 31.2 Å². The minimum Gasteiger partial charge on any atom is -0.478 e. The van der Waals surface area contributed by atoms with Gasteiger partial charge >= 0.3 is 5.97 Å². The second-order valence-corrected chi connectivity index (χ2v) is 4.65. The van der Waals surface area contributed by atoms with Crippen LogP contribution in [0.1, 0.15) is 22.8 Å². The maximum Gasteiger partial charge on any atom is 0.337 e. The van der Waals surface area contributed by atoms with Gasteiger partial charge in [-0.15, -0.1) is 0 Å². The van der Waals surface area contributed by atoms with Gasteiger partial charge in [-0.1, -0.05) is 30.3 Å². The van der Waals surface area contributed by atoms with E-state index in [2.05, 4.69) is 5.32 Å². The Balaban J connectivity index is 2.23. The Morgan fingerprint density at radius 3 is 2.41 bits per heavy atom. The normalized spacial score (nSPS) is 11.1. The number of carboxylic acids is 1. The molecule has 0 unspecified atom stereocenters. The zero-order valence-electron chi connectivity index (χ0n) is 11.8. The molecule has 0 spiro atoms. The first-order valence-corrected chi connectivity index (χ1v) is 6.55. The van der Waals surface area contributed by atoms with Crippen molar-refractivity contribution in [1.82, 2.24) is 0 Å². The zero-order chi connectivity index (χ0) is 16.1. The molecule has 4 nitrogen and oxygen atoms in total. The highest BCUT2D eigenvalue weighted by molar-refractivity contribution is 6.09. The molecular weight excluding hydrogens is 285 g/mol. The topological polar surface area (TPSA) is 66.4 Å². The number of hydrogen-bond donors (Lipinski definition) is 2. The number of rotatable bonds is 4. The van der Waals surface area contributed by atoms with Gasteiger partial charge in [-0.2, -0.15) is 0 Å². The molecule has 0 fully saturated rings. The molecule has 0 bridgehead atoms. The number of aromatic carboxylic acids is 1. The number of amides is 1. The van der Waals surface area contributed by atoms with Gasteiger partial charge in [-0.25, -0.2) is 9.18 Å². The van der Waals surface area contributed by atoms with Crippen molar-refractivity contribution in [1.29, 1.82) is 0 Å². The summed E-state index contributed by atoms with van der Waals surface area (Å²) >= 11 is 0. The van der Waals surface area contributed by atoms with Crippen molar-refractivity contribution in [2.24, 2.45) is 0 Å². The van der Waals surface area contributed by atoms with Gasteiger partial charge in [-0.05, 0) is 31.2 Å². The minimum absolute atomic E-state index is 0.00505. The van der Waals surface area contributed by atoms with Crippen LogP contribution in [-0.2, 0) is 4.79 Å². The largest absolute Gasteiger partial charge is 0.478 e. The lowest BCUT2D eigenvalue weighted by molar-refractivity contribution is -0.112. The van der Waals surface area contributed by atoms with Crippen LogP contribution in [0.15, 0.2) is 54.1 Å². The quantitative estimate of drug-likeness (QED) is 0.848. The van der Waals surface area contributed by atoms with E-state index >= 15 is 0 Å². The predicted molar refractivity (Wildman–Crippen MR) is 82.1 cm³/mol. The molecule has 0 saturated heterocycles. The standard InChI is InChI=1S/C17H14FNO3/c1-11(10-12-6-2-4-8-14(12)18)16(20)19-15-9-5-3-7-13(15)17(21)22/h2-10H,1H3,(H,19,20)(H,21,22). The monoisotopic (exact) mass is 299 g/mol. The maximum absolute atomic E-state index is 13.6. The van der Waals surface area contributed by atoms with Crippen LogP contribution in [0.2, 0.25) is 0 Å². The first-order chi connectivity index (χ1) is 10.5. The van der Waals surface area contributed by atoms with Crippen molar-refractivity contribution in [3.8, 4) is 0 Å². The third-order valence-corrected chi connectivity index (χ3v) is 3.04. The summed E-state index contributed by atoms with van der Waals surface area (Å²) in [5.41, 5.74) is 0.753. The zero-order valence-corrected chi connectivity index (χ0v) is 11.8. The number of anilines is 1. The van der Waals surface area contributed by atoms with E-state index in [0.29, 0.717) is 5.56 Å². The fourth-order valence-electron chi connectivity index (χ4n) is 1.89. The van der Waals surface area contributed by atoms with Crippen LogP contribution >= 0.6 is 0 Å². The molecule has 0 saturated carbocycles. The third-order valence-electron chi connectivity index (χ3n) is 3.04. The predicted octanol–water partition coefficient (Wildman–Crippen LogP) is 3.57. The van der Waals surface area contributed by atoms with E-state index in [1.807, 2.05) is 0 Å². The number of carbonyl (C=O) groups is 2. The first-order valence-electron chi connectivity index (χ1n) is 6.55. The van der Waals surface area contributed by atoms with E-state index in [-0.39, 0.29) is 16.8 Å². The summed E-state index contributed by atoms with van der Waals surface area (Å²) < 4.78 is 13.6. The Labute approximate surface area is 126 Å². The average molecular weight is 299 g/mol. The Morgan fingerprint density at radius 2 is 1.73 bits per heavy atom. The van der Waals surface area contributed by atoms with Gasteiger partial charge in [-0.3, -0.25) is 4.79 Å². The summed E-state index contributed by atoms with van der Waals surface area (Å²) in [5, 5.41) is 11.6. The highest BCUT2D eigenvalue weighted by Gasteiger charge is 2.12. The smallest absolute Gasteiger partial charge is 0.337 e. The molecule has 2 aromatic rings. The van der Waals surface area contributed by atoms with Crippen LogP contribution < -0.4 is 5.32 Å². The van der Waals surface area contributed by atoms with E-state index in [4.69, 9.17) is 5.11 Å². The van der Waals surface area contributed by atoms with E-state index in [1.54, 1.807) is 30.3 Å². The summed E-state index contributed by atoms with van der Waals surface area (Å²) in [5.74, 6) is -2.05. The van der Waals surface area contributed by atoms with Crippen LogP contribution in [-0.4, -0.2) is 17.0 Å². The molecule has 1 amide bonds. The molecule has 0 aliphatic rings. The first kappa shape index (κ1) is 15.4. The average Bonchev–Trinajstić information content (AvgIpc) is 2.49. The molecule has 22 heavy (non-hydrogen) atoms. The third kappa shape index (κ3) is 3.58. The summed E-state index contributed by atoms with van der Waals surface area (Å²) in [7, 11) is 0. The molecule has 2 N–H and O–H groups in total. The summed E-state index contributed by atoms with van der Waals surface area (Å²) in [4.78, 5) is 23.2. The van der Waals surface area contributed by atoms with Crippen LogP contribution in [0.4, 0.5) is 10.1 Å². The molecule has 0 aromatic heterocycles. The van der Waals surface area contributed by atoms with Crippen molar-refractivity contribution >= 4 is 23.6 Å². The van der Waals surface area contributed by atoms with Crippen LogP contribution in [0.25, 0.3) is 6.08 Å². The Hall–Kier alpha value is -2.95. The van der Waals surface area contributed by atoms with E-state index < -0.39 is 17.7 Å². The van der Waals surface area contributed by atoms with Crippen LogP contribution in [0, 0.1) is 5.82 Å². The Kier molecular flexibility index (Phi) is 4.68. The fraction of sp³-hybridized carbons (Fsp3) is 0.0588. The maximum atomic E-state index is 13.6. The number of benzene rings is 2. The van der Waals surface area contributed by atoms with Crippen molar-refractivity contribution in [3.05, 3.63) is 71.0 Å². The second-order valence-electron chi connectivity index (χ2n) is 4.65. The molecule has 2 rings (SSSR count). The molecular formula is C17H14FNO3. The molecule has 0 atom stereocenters. The lowest BCUT2D eigenvalue weighted by Gasteiger charge is -2.08. The van der Waals surface area contributed by atoms with E-state index in [0.717, 1.165) is 0 Å². The molecule has 0 heterocycles. The Bertz CT molecular complexity index is 753. The minimum atomic E-state index is -1.13. The van der Waals surface area contributed by atoms with Gasteiger partial charge in [0.2, 0.25) is 0 Å². The molecule has 112 valence electrons. The van der Waals surface area contributed by atoms with Crippen LogP contribution in [0.5, 0.6) is 0 Å². The highest BCUT2D eigenvalue weighted by atomic mass is 19.1. The fourth-order valence-corrected chi connectivity index (χ4v) is 1.89. The summed E-state index contributed by atoms with van der Waals surface area (Å²) in [6.45, 7) is 1.53. The number of hydrogen-bond acceptors (Lipinski definition) is 2. The highest BCUT2D eigenvalue weighted by Crippen LogP contribution is 2.17. The molecule has 5 heteroatoms. The number of carboxylic acid groups (broad SMARTS) is 1. The van der Waals surface area contributed by atoms with Crippen molar-refractivity contribution in [3.63, 3.8) is 0 Å². The SMILES string of the molecule is CC(=Cc1ccccc1F)C(=O)Nc1ccccc1C(=O)O. The number of nitrogens with one attached hydrogen (secondary N) is 1. The number of carbonyl (C=O) groups excluding carboxylic acids is 1. The van der Waals surface area contributed by atoms with Crippen LogP contribution in [0.3, 0.4) is 0 Å². The number of para-hydroxylation sites is 1. The molecule has 0 radical (unpaired) electrons. The molecule has 0 aliphatic carbocycles. The molecule has 2 aromatic carbocycles. The van der Waals surface area contributed by atoms with Gasteiger partial charge in [0.15, 0.2) is 0 Å². The van der Waals surface area contributed by atoms with E-state index in [9.17, 15) is 14.0 Å². The van der Waals surface area contributed by atoms with Gasteiger partial charge in [0.1, 0.15) is 5.82 Å². The second kappa shape index (κ2) is 6.67. The van der Waals surface area contributed by atoms with Gasteiger partial charge in [0, 0.05) is 11.1 Å².